The van der Waals surface area contributed by atoms with E-state index in [0.29, 0.717) is 6.08 Å². The summed E-state index contributed by atoms with van der Waals surface area (Å²) in [5.41, 5.74) is -1.04. The second kappa shape index (κ2) is 4.35. The van der Waals surface area contributed by atoms with Crippen molar-refractivity contribution >= 4 is 0 Å². The van der Waals surface area contributed by atoms with Crippen molar-refractivity contribution < 1.29 is 18.3 Å². The van der Waals surface area contributed by atoms with E-state index in [9.17, 15) is 13.2 Å². The molecule has 76 valence electrons. The molecule has 1 N–H and O–H groups in total. The molecule has 0 aromatic carbocycles. The predicted molar refractivity (Wildman–Crippen MR) is 45.4 cm³/mol. The van der Waals surface area contributed by atoms with Crippen LogP contribution in [0.1, 0.15) is 20.3 Å². The summed E-state index contributed by atoms with van der Waals surface area (Å²) < 4.78 is 36.4. The summed E-state index contributed by atoms with van der Waals surface area (Å²) in [5.74, 6) is -0.658. The monoisotopic (exact) mass is 194 g/mol. The molecule has 0 aromatic rings. The average molecular weight is 194 g/mol. The molecule has 0 unspecified atom stereocenters. The first kappa shape index (κ1) is 12.1. The normalized spacial score (nSPS) is 14.3. The molecule has 0 saturated heterocycles. The Kier molecular flexibility index (Phi) is 4.04. The minimum atomic E-state index is -4.51. The average Bonchev–Trinajstić information content (AvgIpc) is 1.82. The Morgan fingerprint density at radius 2 is 1.92 bits per heavy atom. The van der Waals surface area contributed by atoms with Gasteiger partial charge in [0.05, 0.1) is 5.57 Å². The Balaban J connectivity index is 4.80. The van der Waals surface area contributed by atoms with Crippen molar-refractivity contribution in [3.63, 3.8) is 0 Å². The summed E-state index contributed by atoms with van der Waals surface area (Å²) in [6.07, 6.45) is -3.86. The molecule has 0 aliphatic rings. The van der Waals surface area contributed by atoms with E-state index in [1.165, 1.54) is 0 Å². The number of aliphatic hydroxyl groups excluding tert-OH is 1. The maximum absolute atomic E-state index is 12.1. The van der Waals surface area contributed by atoms with Crippen molar-refractivity contribution in [2.75, 3.05) is 0 Å². The number of rotatable bonds is 3. The highest BCUT2D eigenvalue weighted by Crippen LogP contribution is 2.30. The molecule has 4 heteroatoms. The molecule has 13 heavy (non-hydrogen) atoms. The van der Waals surface area contributed by atoms with Gasteiger partial charge in [0.1, 0.15) is 5.76 Å². The first-order chi connectivity index (χ1) is 5.79. The van der Waals surface area contributed by atoms with Crippen LogP contribution in [0.4, 0.5) is 13.2 Å². The number of hydrogen-bond acceptors (Lipinski definition) is 1. The Morgan fingerprint density at radius 1 is 1.46 bits per heavy atom. The van der Waals surface area contributed by atoms with Gasteiger partial charge in [0, 0.05) is 6.42 Å². The van der Waals surface area contributed by atoms with E-state index in [1.807, 2.05) is 0 Å². The van der Waals surface area contributed by atoms with Gasteiger partial charge < -0.3 is 5.11 Å². The van der Waals surface area contributed by atoms with E-state index in [0.717, 1.165) is 0 Å². The number of aliphatic hydroxyl groups is 1. The van der Waals surface area contributed by atoms with Crippen molar-refractivity contribution in [1.82, 2.24) is 0 Å². The summed E-state index contributed by atoms with van der Waals surface area (Å²) >= 11 is 0. The Hall–Kier alpha value is -0.930. The molecular weight excluding hydrogens is 181 g/mol. The summed E-state index contributed by atoms with van der Waals surface area (Å²) in [7, 11) is 0. The van der Waals surface area contributed by atoms with Gasteiger partial charge in [0.25, 0.3) is 0 Å². The van der Waals surface area contributed by atoms with E-state index < -0.39 is 17.5 Å². The number of allylic oxidation sites excluding steroid dienone is 3. The first-order valence-corrected chi connectivity index (χ1v) is 3.90. The van der Waals surface area contributed by atoms with Crippen LogP contribution in [-0.4, -0.2) is 11.3 Å². The Labute approximate surface area is 75.6 Å². The first-order valence-electron chi connectivity index (χ1n) is 3.90. The number of halogens is 3. The Morgan fingerprint density at radius 3 is 2.15 bits per heavy atom. The van der Waals surface area contributed by atoms with E-state index >= 15 is 0 Å². The van der Waals surface area contributed by atoms with Crippen LogP contribution in [0.25, 0.3) is 0 Å². The molecule has 0 fully saturated rings. The van der Waals surface area contributed by atoms with Crippen LogP contribution in [0, 0.1) is 5.92 Å². The molecule has 0 radical (unpaired) electrons. The topological polar surface area (TPSA) is 20.2 Å². The molecule has 0 heterocycles. The molecule has 0 amide bonds. The van der Waals surface area contributed by atoms with Crippen molar-refractivity contribution in [2.45, 2.75) is 26.4 Å². The van der Waals surface area contributed by atoms with Gasteiger partial charge >= 0.3 is 6.18 Å². The zero-order valence-electron chi connectivity index (χ0n) is 7.65. The SMILES string of the molecule is C=C/C(=C(/O)CC(C)C)C(F)(F)F. The molecule has 0 rings (SSSR count). The number of alkyl halides is 3. The fraction of sp³-hybridized carbons (Fsp3) is 0.556. The summed E-state index contributed by atoms with van der Waals surface area (Å²) in [5, 5.41) is 9.10. The van der Waals surface area contributed by atoms with Crippen LogP contribution in [0.3, 0.4) is 0 Å². The third-order valence-electron chi connectivity index (χ3n) is 1.42. The second-order valence-electron chi connectivity index (χ2n) is 3.16. The van der Waals surface area contributed by atoms with Crippen molar-refractivity contribution in [1.29, 1.82) is 0 Å². The van der Waals surface area contributed by atoms with Gasteiger partial charge in [-0.05, 0) is 5.92 Å². The summed E-state index contributed by atoms with van der Waals surface area (Å²) in [4.78, 5) is 0. The lowest BCUT2D eigenvalue weighted by molar-refractivity contribution is -0.0911. The van der Waals surface area contributed by atoms with Gasteiger partial charge in [-0.25, -0.2) is 0 Å². The number of hydrogen-bond donors (Lipinski definition) is 1. The van der Waals surface area contributed by atoms with Crippen LogP contribution in [0.2, 0.25) is 0 Å². The standard InChI is InChI=1S/C9H13F3O/c1-4-7(9(10,11)12)8(13)5-6(2)3/h4,6,13H,1,5H2,2-3H3/b8-7-. The minimum Gasteiger partial charge on any atom is -0.512 e. The highest BCUT2D eigenvalue weighted by molar-refractivity contribution is 5.25. The molecule has 0 aromatic heterocycles. The smallest absolute Gasteiger partial charge is 0.419 e. The quantitative estimate of drug-likeness (QED) is 0.537. The highest BCUT2D eigenvalue weighted by atomic mass is 19.4. The highest BCUT2D eigenvalue weighted by Gasteiger charge is 2.34. The lowest BCUT2D eigenvalue weighted by Crippen LogP contribution is -2.13. The summed E-state index contributed by atoms with van der Waals surface area (Å²) in [6, 6.07) is 0. The van der Waals surface area contributed by atoms with Gasteiger partial charge in [-0.2, -0.15) is 13.2 Å². The molecule has 1 nitrogen and oxygen atoms in total. The van der Waals surface area contributed by atoms with E-state index in [1.54, 1.807) is 13.8 Å². The molecule has 0 bridgehead atoms. The maximum Gasteiger partial charge on any atom is 0.419 e. The maximum atomic E-state index is 12.1. The van der Waals surface area contributed by atoms with Gasteiger partial charge in [0.2, 0.25) is 0 Å². The lowest BCUT2D eigenvalue weighted by atomic mass is 10.1. The zero-order valence-corrected chi connectivity index (χ0v) is 7.65. The fourth-order valence-electron chi connectivity index (χ4n) is 0.894. The van der Waals surface area contributed by atoms with Crippen LogP contribution < -0.4 is 0 Å². The van der Waals surface area contributed by atoms with Gasteiger partial charge in [0.15, 0.2) is 0 Å². The van der Waals surface area contributed by atoms with Crippen LogP contribution in [-0.2, 0) is 0 Å². The largest absolute Gasteiger partial charge is 0.512 e. The van der Waals surface area contributed by atoms with E-state index in [2.05, 4.69) is 6.58 Å². The molecule has 0 aliphatic heterocycles. The fourth-order valence-corrected chi connectivity index (χ4v) is 0.894. The second-order valence-corrected chi connectivity index (χ2v) is 3.16. The molecule has 0 aliphatic carbocycles. The van der Waals surface area contributed by atoms with Crippen molar-refractivity contribution in [3.05, 3.63) is 24.0 Å². The minimum absolute atomic E-state index is 0.0147. The molecule has 0 atom stereocenters. The van der Waals surface area contributed by atoms with E-state index in [-0.39, 0.29) is 12.3 Å². The van der Waals surface area contributed by atoms with Crippen LogP contribution in [0.15, 0.2) is 24.0 Å². The summed E-state index contributed by atoms with van der Waals surface area (Å²) in [6.45, 7) is 6.48. The van der Waals surface area contributed by atoms with Crippen molar-refractivity contribution in [3.8, 4) is 0 Å². The molecule has 0 spiro atoms. The van der Waals surface area contributed by atoms with Crippen LogP contribution in [0.5, 0.6) is 0 Å². The van der Waals surface area contributed by atoms with Gasteiger partial charge in [-0.15, -0.1) is 0 Å². The van der Waals surface area contributed by atoms with Crippen LogP contribution >= 0.6 is 0 Å². The Bertz CT molecular complexity index is 213. The zero-order chi connectivity index (χ0) is 10.6. The third kappa shape index (κ3) is 4.01. The third-order valence-corrected chi connectivity index (χ3v) is 1.42. The molecule has 0 saturated carbocycles. The molecular formula is C9H13F3O. The lowest BCUT2D eigenvalue weighted by Gasteiger charge is -2.11. The van der Waals surface area contributed by atoms with Crippen molar-refractivity contribution in [2.24, 2.45) is 5.92 Å². The predicted octanol–water partition coefficient (Wildman–Crippen LogP) is 3.59. The van der Waals surface area contributed by atoms with Gasteiger partial charge in [-0.3, -0.25) is 0 Å². The van der Waals surface area contributed by atoms with Gasteiger partial charge in [-0.1, -0.05) is 26.5 Å². The van der Waals surface area contributed by atoms with E-state index in [4.69, 9.17) is 5.11 Å².